The van der Waals surface area contributed by atoms with Crippen LogP contribution in [0.3, 0.4) is 0 Å². The zero-order valence-electron chi connectivity index (χ0n) is 20.6. The molecule has 1 amide bonds. The lowest BCUT2D eigenvalue weighted by Crippen LogP contribution is -2.45. The van der Waals surface area contributed by atoms with Gasteiger partial charge in [-0.05, 0) is 67.1 Å². The number of benzene rings is 2. The number of ether oxygens (including phenoxy) is 1. The molecule has 34 heavy (non-hydrogen) atoms. The molecule has 2 N–H and O–H groups in total. The standard InChI is InChI=1S/C28H33NO4S/c1-27(2,3)24-16-15-23(34-24)25(31)29-22(26(32)33-28(4,5)6)17-18-7-9-19(10-8-18)20-11-13-21(30)14-12-20/h7-16,22,30H,17H2,1-6H3,(H,29,31)/t22-/m0/s1. The van der Waals surface area contributed by atoms with E-state index in [0.29, 0.717) is 11.3 Å². The minimum absolute atomic E-state index is 0.0486. The number of thiophene rings is 1. The van der Waals surface area contributed by atoms with Gasteiger partial charge in [-0.2, -0.15) is 0 Å². The van der Waals surface area contributed by atoms with Crippen molar-refractivity contribution in [2.75, 3.05) is 0 Å². The Morgan fingerprint density at radius 3 is 1.94 bits per heavy atom. The van der Waals surface area contributed by atoms with Crippen LogP contribution in [0.5, 0.6) is 5.75 Å². The second-order valence-corrected chi connectivity index (χ2v) is 11.5. The molecule has 3 rings (SSSR count). The molecular weight excluding hydrogens is 446 g/mol. The molecular formula is C28H33NO4S. The number of esters is 1. The summed E-state index contributed by atoms with van der Waals surface area (Å²) in [6.07, 6.45) is 0.314. The third kappa shape index (κ3) is 6.94. The van der Waals surface area contributed by atoms with Crippen LogP contribution in [0.1, 0.15) is 61.7 Å². The molecule has 0 saturated carbocycles. The van der Waals surface area contributed by atoms with E-state index in [1.165, 1.54) is 11.3 Å². The monoisotopic (exact) mass is 479 g/mol. The summed E-state index contributed by atoms with van der Waals surface area (Å²) in [4.78, 5) is 27.6. The van der Waals surface area contributed by atoms with E-state index in [1.807, 2.05) is 63.2 Å². The first-order chi connectivity index (χ1) is 15.8. The number of phenols is 1. The first-order valence-corrected chi connectivity index (χ1v) is 12.2. The molecule has 0 bridgehead atoms. The Labute approximate surface area is 205 Å². The Hall–Kier alpha value is -3.12. The number of rotatable bonds is 6. The van der Waals surface area contributed by atoms with E-state index in [4.69, 9.17) is 4.74 Å². The van der Waals surface area contributed by atoms with Crippen molar-refractivity contribution < 1.29 is 19.4 Å². The molecule has 1 heterocycles. The van der Waals surface area contributed by atoms with Gasteiger partial charge in [-0.3, -0.25) is 4.79 Å². The predicted molar refractivity (Wildman–Crippen MR) is 137 cm³/mol. The topological polar surface area (TPSA) is 75.6 Å². The van der Waals surface area contributed by atoms with Gasteiger partial charge in [0, 0.05) is 11.3 Å². The van der Waals surface area contributed by atoms with Crippen LogP contribution in [-0.4, -0.2) is 28.6 Å². The maximum absolute atomic E-state index is 13.0. The van der Waals surface area contributed by atoms with Gasteiger partial charge in [0.1, 0.15) is 17.4 Å². The second-order valence-electron chi connectivity index (χ2n) is 10.4. The summed E-state index contributed by atoms with van der Waals surface area (Å²) in [6.45, 7) is 11.7. The SMILES string of the molecule is CC(C)(C)OC(=O)[C@H](Cc1ccc(-c2ccc(O)cc2)cc1)NC(=O)c1ccc(C(C)(C)C)s1. The van der Waals surface area contributed by atoms with Crippen molar-refractivity contribution in [3.05, 3.63) is 76.0 Å². The van der Waals surface area contributed by atoms with Crippen molar-refractivity contribution in [2.24, 2.45) is 0 Å². The number of hydrogen-bond acceptors (Lipinski definition) is 5. The number of hydrogen-bond donors (Lipinski definition) is 2. The van der Waals surface area contributed by atoms with Gasteiger partial charge in [0.15, 0.2) is 0 Å². The van der Waals surface area contributed by atoms with Crippen molar-refractivity contribution in [3.8, 4) is 16.9 Å². The Kier molecular flexibility index (Phi) is 7.51. The highest BCUT2D eigenvalue weighted by Gasteiger charge is 2.28. The van der Waals surface area contributed by atoms with Gasteiger partial charge >= 0.3 is 5.97 Å². The molecule has 0 aliphatic rings. The van der Waals surface area contributed by atoms with Crippen molar-refractivity contribution in [3.63, 3.8) is 0 Å². The number of nitrogens with one attached hydrogen (secondary N) is 1. The fourth-order valence-corrected chi connectivity index (χ4v) is 4.35. The lowest BCUT2D eigenvalue weighted by atomic mass is 9.95. The van der Waals surface area contributed by atoms with Gasteiger partial charge in [0.05, 0.1) is 4.88 Å². The minimum Gasteiger partial charge on any atom is -0.508 e. The van der Waals surface area contributed by atoms with Gasteiger partial charge in [0.2, 0.25) is 0 Å². The number of carbonyl (C=O) groups excluding carboxylic acids is 2. The fourth-order valence-electron chi connectivity index (χ4n) is 3.38. The summed E-state index contributed by atoms with van der Waals surface area (Å²) in [5.74, 6) is -0.523. The molecule has 1 aromatic heterocycles. The third-order valence-electron chi connectivity index (χ3n) is 5.16. The molecule has 1 atom stereocenters. The molecule has 180 valence electrons. The highest BCUT2D eigenvalue weighted by atomic mass is 32.1. The quantitative estimate of drug-likeness (QED) is 0.419. The largest absolute Gasteiger partial charge is 0.508 e. The zero-order valence-corrected chi connectivity index (χ0v) is 21.5. The maximum Gasteiger partial charge on any atom is 0.329 e. The van der Waals surface area contributed by atoms with Crippen LogP contribution in [0, 0.1) is 0 Å². The number of amides is 1. The lowest BCUT2D eigenvalue weighted by molar-refractivity contribution is -0.157. The summed E-state index contributed by atoms with van der Waals surface area (Å²) < 4.78 is 5.60. The Morgan fingerprint density at radius 2 is 1.44 bits per heavy atom. The van der Waals surface area contributed by atoms with Crippen LogP contribution in [-0.2, 0) is 21.4 Å². The van der Waals surface area contributed by atoms with E-state index < -0.39 is 17.6 Å². The number of carbonyl (C=O) groups is 2. The fraction of sp³-hybridized carbons (Fsp3) is 0.357. The van der Waals surface area contributed by atoms with Crippen LogP contribution in [0.15, 0.2) is 60.7 Å². The summed E-state index contributed by atoms with van der Waals surface area (Å²) in [5, 5.41) is 12.4. The summed E-state index contributed by atoms with van der Waals surface area (Å²) in [7, 11) is 0. The average molecular weight is 480 g/mol. The molecule has 0 fully saturated rings. The molecule has 5 nitrogen and oxygen atoms in total. The highest BCUT2D eigenvalue weighted by molar-refractivity contribution is 7.14. The molecule has 0 radical (unpaired) electrons. The van der Waals surface area contributed by atoms with Crippen LogP contribution < -0.4 is 5.32 Å². The van der Waals surface area contributed by atoms with Crippen LogP contribution in [0.25, 0.3) is 11.1 Å². The molecule has 6 heteroatoms. The smallest absolute Gasteiger partial charge is 0.329 e. The van der Waals surface area contributed by atoms with Crippen molar-refractivity contribution in [1.82, 2.24) is 5.32 Å². The minimum atomic E-state index is -0.813. The van der Waals surface area contributed by atoms with E-state index in [-0.39, 0.29) is 17.1 Å². The molecule has 0 saturated heterocycles. The van der Waals surface area contributed by atoms with Crippen molar-refractivity contribution in [2.45, 2.75) is 65.0 Å². The Bertz CT molecular complexity index is 1130. The van der Waals surface area contributed by atoms with Gasteiger partial charge in [-0.25, -0.2) is 4.79 Å². The second kappa shape index (κ2) is 10.0. The number of aromatic hydroxyl groups is 1. The summed E-state index contributed by atoms with van der Waals surface area (Å²) in [5.41, 5.74) is 2.17. The first-order valence-electron chi connectivity index (χ1n) is 11.3. The average Bonchev–Trinajstić information content (AvgIpc) is 3.24. The zero-order chi connectivity index (χ0) is 25.1. The van der Waals surface area contributed by atoms with Crippen LogP contribution >= 0.6 is 11.3 Å². The maximum atomic E-state index is 13.0. The molecule has 0 aliphatic carbocycles. The predicted octanol–water partition coefficient (Wildman–Crippen LogP) is 6.10. The molecule has 0 spiro atoms. The van der Waals surface area contributed by atoms with E-state index in [0.717, 1.165) is 21.6 Å². The van der Waals surface area contributed by atoms with Crippen LogP contribution in [0.2, 0.25) is 0 Å². The number of phenolic OH excluding ortho intramolecular Hbond substituents is 1. The summed E-state index contributed by atoms with van der Waals surface area (Å²) >= 11 is 1.44. The van der Waals surface area contributed by atoms with Gasteiger partial charge in [0.25, 0.3) is 5.91 Å². The van der Waals surface area contributed by atoms with E-state index in [1.54, 1.807) is 18.2 Å². The first kappa shape index (κ1) is 25.5. The highest BCUT2D eigenvalue weighted by Crippen LogP contribution is 2.29. The molecule has 2 aromatic carbocycles. The molecule has 0 unspecified atom stereocenters. The molecule has 0 aliphatic heterocycles. The van der Waals surface area contributed by atoms with Crippen molar-refractivity contribution in [1.29, 1.82) is 0 Å². The van der Waals surface area contributed by atoms with Gasteiger partial charge in [-0.15, -0.1) is 11.3 Å². The third-order valence-corrected chi connectivity index (χ3v) is 6.67. The Balaban J connectivity index is 1.79. The molecule has 3 aromatic rings. The Morgan fingerprint density at radius 1 is 0.882 bits per heavy atom. The lowest BCUT2D eigenvalue weighted by Gasteiger charge is -2.24. The van der Waals surface area contributed by atoms with Crippen molar-refractivity contribution >= 4 is 23.2 Å². The van der Waals surface area contributed by atoms with E-state index >= 15 is 0 Å². The van der Waals surface area contributed by atoms with E-state index in [2.05, 4.69) is 26.1 Å². The van der Waals surface area contributed by atoms with Crippen LogP contribution in [0.4, 0.5) is 0 Å². The van der Waals surface area contributed by atoms with E-state index in [9.17, 15) is 14.7 Å². The normalized spacial score (nSPS) is 12.8. The summed E-state index contributed by atoms with van der Waals surface area (Å²) in [6, 6.07) is 17.7. The van der Waals surface area contributed by atoms with Gasteiger partial charge in [-0.1, -0.05) is 57.2 Å². The van der Waals surface area contributed by atoms with Gasteiger partial charge < -0.3 is 15.2 Å².